The molecule has 0 fully saturated rings. The van der Waals surface area contributed by atoms with Gasteiger partial charge in [0.15, 0.2) is 0 Å². The van der Waals surface area contributed by atoms with Crippen molar-refractivity contribution in [2.75, 3.05) is 6.26 Å². The normalized spacial score (nSPS) is 13.9. The van der Waals surface area contributed by atoms with Gasteiger partial charge in [-0.05, 0) is 12.7 Å². The van der Waals surface area contributed by atoms with Crippen LogP contribution in [0.5, 0.6) is 0 Å². The summed E-state index contributed by atoms with van der Waals surface area (Å²) in [5, 5.41) is 8.95. The van der Waals surface area contributed by atoms with Gasteiger partial charge in [0.05, 0.1) is 5.44 Å². The average molecular weight is 134 g/mol. The molecule has 0 aromatic carbocycles. The molecule has 0 saturated heterocycles. The van der Waals surface area contributed by atoms with E-state index in [1.165, 1.54) is 18.2 Å². The smallest absolute Gasteiger partial charge is 0.0990 e. The van der Waals surface area contributed by atoms with Crippen molar-refractivity contribution in [3.05, 3.63) is 0 Å². The summed E-state index contributed by atoms with van der Waals surface area (Å²) in [6.45, 7) is 2.13. The second-order valence-electron chi connectivity index (χ2n) is 1.83. The molecular formula is C6H14OS. The number of aliphatic hydroxyl groups is 1. The van der Waals surface area contributed by atoms with E-state index in [0.717, 1.165) is 12.8 Å². The highest BCUT2D eigenvalue weighted by molar-refractivity contribution is 7.99. The Bertz CT molecular complexity index is 47.8. The maximum atomic E-state index is 8.95. The molecule has 1 atom stereocenters. The highest BCUT2D eigenvalue weighted by atomic mass is 32.2. The van der Waals surface area contributed by atoms with Crippen LogP contribution in [0.25, 0.3) is 0 Å². The van der Waals surface area contributed by atoms with Crippen molar-refractivity contribution in [1.29, 1.82) is 0 Å². The third-order valence-electron chi connectivity index (χ3n) is 1.08. The van der Waals surface area contributed by atoms with Crippen LogP contribution in [0.1, 0.15) is 26.2 Å². The lowest BCUT2D eigenvalue weighted by atomic mass is 10.3. The maximum Gasteiger partial charge on any atom is 0.0990 e. The van der Waals surface area contributed by atoms with E-state index in [0.29, 0.717) is 0 Å². The van der Waals surface area contributed by atoms with E-state index in [9.17, 15) is 0 Å². The SMILES string of the molecule is CCCCC(O)SC. The van der Waals surface area contributed by atoms with Gasteiger partial charge < -0.3 is 5.11 Å². The minimum absolute atomic E-state index is 0.130. The van der Waals surface area contributed by atoms with Crippen molar-refractivity contribution in [2.24, 2.45) is 0 Å². The van der Waals surface area contributed by atoms with E-state index < -0.39 is 0 Å². The van der Waals surface area contributed by atoms with Crippen LogP contribution in [-0.4, -0.2) is 16.8 Å². The molecular weight excluding hydrogens is 120 g/mol. The van der Waals surface area contributed by atoms with Crippen LogP contribution < -0.4 is 0 Å². The Balaban J connectivity index is 2.86. The molecule has 0 aliphatic heterocycles. The molecule has 0 aliphatic carbocycles. The molecule has 0 aromatic heterocycles. The van der Waals surface area contributed by atoms with Gasteiger partial charge in [0, 0.05) is 0 Å². The van der Waals surface area contributed by atoms with Crippen LogP contribution in [0.15, 0.2) is 0 Å². The lowest BCUT2D eigenvalue weighted by Crippen LogP contribution is -1.97. The van der Waals surface area contributed by atoms with E-state index in [1.807, 2.05) is 6.26 Å². The summed E-state index contributed by atoms with van der Waals surface area (Å²) in [6.07, 6.45) is 5.19. The molecule has 50 valence electrons. The Labute approximate surface area is 55.5 Å². The monoisotopic (exact) mass is 134 g/mol. The number of aliphatic hydroxyl groups excluding tert-OH is 1. The first-order valence-corrected chi connectivity index (χ1v) is 4.31. The fraction of sp³-hybridized carbons (Fsp3) is 1.00. The highest BCUT2D eigenvalue weighted by Gasteiger charge is 1.96. The first-order chi connectivity index (χ1) is 3.81. The lowest BCUT2D eigenvalue weighted by molar-refractivity contribution is 0.249. The van der Waals surface area contributed by atoms with Crippen LogP contribution in [0.2, 0.25) is 0 Å². The summed E-state index contributed by atoms with van der Waals surface area (Å²) >= 11 is 1.52. The van der Waals surface area contributed by atoms with Gasteiger partial charge in [-0.3, -0.25) is 0 Å². The molecule has 0 aliphatic rings. The molecule has 0 amide bonds. The van der Waals surface area contributed by atoms with Gasteiger partial charge in [-0.1, -0.05) is 19.8 Å². The number of thioether (sulfide) groups is 1. The van der Waals surface area contributed by atoms with Crippen LogP contribution >= 0.6 is 11.8 Å². The van der Waals surface area contributed by atoms with Gasteiger partial charge >= 0.3 is 0 Å². The molecule has 0 bridgehead atoms. The lowest BCUT2D eigenvalue weighted by Gasteiger charge is -2.03. The van der Waals surface area contributed by atoms with Crippen molar-refractivity contribution < 1.29 is 5.11 Å². The zero-order valence-electron chi connectivity index (χ0n) is 5.55. The first-order valence-electron chi connectivity index (χ1n) is 3.02. The molecule has 1 unspecified atom stereocenters. The predicted molar refractivity (Wildman–Crippen MR) is 39.0 cm³/mol. The van der Waals surface area contributed by atoms with Gasteiger partial charge in [0.25, 0.3) is 0 Å². The highest BCUT2D eigenvalue weighted by Crippen LogP contribution is 2.09. The molecule has 0 spiro atoms. The van der Waals surface area contributed by atoms with Crippen molar-refractivity contribution in [3.8, 4) is 0 Å². The Morgan fingerprint density at radius 1 is 1.62 bits per heavy atom. The summed E-state index contributed by atoms with van der Waals surface area (Å²) in [4.78, 5) is 0. The molecule has 0 aromatic rings. The Morgan fingerprint density at radius 3 is 2.62 bits per heavy atom. The molecule has 0 heterocycles. The number of unbranched alkanes of at least 4 members (excludes halogenated alkanes) is 1. The molecule has 0 rings (SSSR count). The number of hydrogen-bond acceptors (Lipinski definition) is 2. The molecule has 1 nitrogen and oxygen atoms in total. The summed E-state index contributed by atoms with van der Waals surface area (Å²) in [5.41, 5.74) is -0.130. The number of hydrogen-bond donors (Lipinski definition) is 1. The van der Waals surface area contributed by atoms with Gasteiger partial charge in [-0.15, -0.1) is 11.8 Å². The average Bonchev–Trinajstić information content (AvgIpc) is 1.83. The summed E-state index contributed by atoms with van der Waals surface area (Å²) in [7, 11) is 0. The Kier molecular flexibility index (Phi) is 5.66. The van der Waals surface area contributed by atoms with Gasteiger partial charge in [0.2, 0.25) is 0 Å². The first kappa shape index (κ1) is 8.31. The van der Waals surface area contributed by atoms with Crippen LogP contribution in [0.4, 0.5) is 0 Å². The second-order valence-corrected chi connectivity index (χ2v) is 2.85. The van der Waals surface area contributed by atoms with E-state index in [2.05, 4.69) is 6.92 Å². The predicted octanol–water partition coefficient (Wildman–Crippen LogP) is 1.86. The van der Waals surface area contributed by atoms with Crippen molar-refractivity contribution in [3.63, 3.8) is 0 Å². The molecule has 0 radical (unpaired) electrons. The molecule has 2 heteroatoms. The fourth-order valence-electron chi connectivity index (χ4n) is 0.497. The topological polar surface area (TPSA) is 20.2 Å². The fourth-order valence-corrected chi connectivity index (χ4v) is 0.899. The third kappa shape index (κ3) is 4.47. The van der Waals surface area contributed by atoms with E-state index >= 15 is 0 Å². The van der Waals surface area contributed by atoms with Crippen LogP contribution in [-0.2, 0) is 0 Å². The quantitative estimate of drug-likeness (QED) is 0.592. The zero-order valence-corrected chi connectivity index (χ0v) is 6.37. The van der Waals surface area contributed by atoms with Crippen LogP contribution in [0.3, 0.4) is 0 Å². The number of rotatable bonds is 4. The molecule has 8 heavy (non-hydrogen) atoms. The zero-order chi connectivity index (χ0) is 6.41. The van der Waals surface area contributed by atoms with Crippen LogP contribution in [0, 0.1) is 0 Å². The molecule has 0 saturated carbocycles. The van der Waals surface area contributed by atoms with Crippen molar-refractivity contribution in [2.45, 2.75) is 31.6 Å². The standard InChI is InChI=1S/C6H14OS/c1-3-4-5-6(7)8-2/h6-7H,3-5H2,1-2H3. The maximum absolute atomic E-state index is 8.95. The summed E-state index contributed by atoms with van der Waals surface area (Å²) in [5.74, 6) is 0. The van der Waals surface area contributed by atoms with Gasteiger partial charge in [0.1, 0.15) is 0 Å². The minimum Gasteiger partial charge on any atom is -0.382 e. The van der Waals surface area contributed by atoms with Gasteiger partial charge in [-0.25, -0.2) is 0 Å². The van der Waals surface area contributed by atoms with E-state index in [1.54, 1.807) is 0 Å². The van der Waals surface area contributed by atoms with Crippen molar-refractivity contribution in [1.82, 2.24) is 0 Å². The van der Waals surface area contributed by atoms with Gasteiger partial charge in [-0.2, -0.15) is 0 Å². The molecule has 1 N–H and O–H groups in total. The van der Waals surface area contributed by atoms with E-state index in [4.69, 9.17) is 5.11 Å². The van der Waals surface area contributed by atoms with E-state index in [-0.39, 0.29) is 5.44 Å². The third-order valence-corrected chi connectivity index (χ3v) is 1.86. The largest absolute Gasteiger partial charge is 0.382 e. The summed E-state index contributed by atoms with van der Waals surface area (Å²) < 4.78 is 0. The summed E-state index contributed by atoms with van der Waals surface area (Å²) in [6, 6.07) is 0. The second kappa shape index (κ2) is 5.45. The van der Waals surface area contributed by atoms with Crippen molar-refractivity contribution >= 4 is 11.8 Å². The Morgan fingerprint density at radius 2 is 2.25 bits per heavy atom. The minimum atomic E-state index is -0.130. The Hall–Kier alpha value is 0.310.